The van der Waals surface area contributed by atoms with Crippen molar-refractivity contribution in [1.29, 1.82) is 0 Å². The van der Waals surface area contributed by atoms with Gasteiger partial charge in [-0.15, -0.1) is 0 Å². The summed E-state index contributed by atoms with van der Waals surface area (Å²) >= 11 is 0. The number of nitrogens with zero attached hydrogens (tertiary/aromatic N) is 2. The second-order valence-corrected chi connectivity index (χ2v) is 12.2. The predicted molar refractivity (Wildman–Crippen MR) is 159 cm³/mol. The lowest BCUT2D eigenvalue weighted by atomic mass is 10.0. The number of hydrogen-bond acceptors (Lipinski definition) is 5. The summed E-state index contributed by atoms with van der Waals surface area (Å²) in [7, 11) is -2.36. The van der Waals surface area contributed by atoms with Gasteiger partial charge in [-0.25, -0.2) is 8.42 Å². The van der Waals surface area contributed by atoms with Crippen LogP contribution in [0, 0.1) is 12.8 Å². The molecular formula is C31H39N3O5S. The second-order valence-electron chi connectivity index (χ2n) is 10.3. The van der Waals surface area contributed by atoms with Crippen LogP contribution in [0.15, 0.2) is 78.9 Å². The zero-order chi connectivity index (χ0) is 29.3. The summed E-state index contributed by atoms with van der Waals surface area (Å²) in [5.74, 6) is -0.0927. The van der Waals surface area contributed by atoms with Crippen LogP contribution in [0.3, 0.4) is 0 Å². The smallest absolute Gasteiger partial charge is 0.244 e. The summed E-state index contributed by atoms with van der Waals surface area (Å²) in [6, 6.07) is 22.8. The molecular weight excluding hydrogens is 526 g/mol. The van der Waals surface area contributed by atoms with E-state index in [1.807, 2.05) is 75.4 Å². The van der Waals surface area contributed by atoms with Gasteiger partial charge in [0, 0.05) is 25.6 Å². The molecule has 1 N–H and O–H groups in total. The standard InChI is InChI=1S/C31H39N3O5S/c1-23(2)20-32-31(36)29(18-25-13-7-6-8-14-25)33(21-26-15-10-9-12-24(26)3)30(35)22-34(40(5,37)38)27-16-11-17-28(19-27)39-4/h6-17,19,23,29H,18,20-22H2,1-5H3,(H,32,36). The maximum atomic E-state index is 14.1. The van der Waals surface area contributed by atoms with E-state index in [4.69, 9.17) is 4.74 Å². The number of amides is 2. The molecule has 1 unspecified atom stereocenters. The zero-order valence-electron chi connectivity index (χ0n) is 23.8. The van der Waals surface area contributed by atoms with Crippen LogP contribution < -0.4 is 14.4 Å². The molecule has 9 heteroatoms. The number of carbonyl (C=O) groups is 2. The van der Waals surface area contributed by atoms with Gasteiger partial charge in [0.1, 0.15) is 18.3 Å². The van der Waals surface area contributed by atoms with Gasteiger partial charge in [-0.1, -0.05) is 74.5 Å². The van der Waals surface area contributed by atoms with Crippen LogP contribution in [-0.4, -0.2) is 57.6 Å². The molecule has 40 heavy (non-hydrogen) atoms. The number of sulfonamides is 1. The Bertz CT molecular complexity index is 1390. The third kappa shape index (κ3) is 8.58. The lowest BCUT2D eigenvalue weighted by Gasteiger charge is -2.34. The molecule has 0 saturated heterocycles. The molecule has 0 aliphatic carbocycles. The molecule has 3 rings (SSSR count). The van der Waals surface area contributed by atoms with E-state index in [1.165, 1.54) is 12.0 Å². The number of benzene rings is 3. The number of aryl methyl sites for hydroxylation is 1. The number of hydrogen-bond donors (Lipinski definition) is 1. The van der Waals surface area contributed by atoms with Crippen molar-refractivity contribution in [3.8, 4) is 5.75 Å². The molecule has 2 amide bonds. The molecule has 3 aromatic carbocycles. The largest absolute Gasteiger partial charge is 0.497 e. The van der Waals surface area contributed by atoms with Gasteiger partial charge in [0.15, 0.2) is 0 Å². The minimum Gasteiger partial charge on any atom is -0.497 e. The molecule has 0 saturated carbocycles. The van der Waals surface area contributed by atoms with E-state index in [1.54, 1.807) is 24.3 Å². The monoisotopic (exact) mass is 565 g/mol. The quantitative estimate of drug-likeness (QED) is 0.336. The number of methoxy groups -OCH3 is 1. The van der Waals surface area contributed by atoms with Crippen molar-refractivity contribution in [3.63, 3.8) is 0 Å². The van der Waals surface area contributed by atoms with Crippen molar-refractivity contribution in [3.05, 3.63) is 95.6 Å². The van der Waals surface area contributed by atoms with Gasteiger partial charge in [0.25, 0.3) is 0 Å². The van der Waals surface area contributed by atoms with Crippen LogP contribution in [0.5, 0.6) is 5.75 Å². The van der Waals surface area contributed by atoms with Gasteiger partial charge in [0.2, 0.25) is 21.8 Å². The van der Waals surface area contributed by atoms with Crippen LogP contribution in [0.4, 0.5) is 5.69 Å². The van der Waals surface area contributed by atoms with Crippen LogP contribution in [-0.2, 0) is 32.6 Å². The lowest BCUT2D eigenvalue weighted by molar-refractivity contribution is -0.140. The van der Waals surface area contributed by atoms with Gasteiger partial charge < -0.3 is 15.0 Å². The molecule has 0 radical (unpaired) electrons. The Kier molecular flexibility index (Phi) is 10.7. The average Bonchev–Trinajstić information content (AvgIpc) is 2.93. The summed E-state index contributed by atoms with van der Waals surface area (Å²) < 4.78 is 32.1. The number of rotatable bonds is 13. The summed E-state index contributed by atoms with van der Waals surface area (Å²) in [4.78, 5) is 29.3. The van der Waals surface area contributed by atoms with Gasteiger partial charge >= 0.3 is 0 Å². The highest BCUT2D eigenvalue weighted by molar-refractivity contribution is 7.92. The fourth-order valence-electron chi connectivity index (χ4n) is 4.33. The highest BCUT2D eigenvalue weighted by atomic mass is 32.2. The van der Waals surface area contributed by atoms with E-state index in [2.05, 4.69) is 5.32 Å². The summed E-state index contributed by atoms with van der Waals surface area (Å²) in [6.07, 6.45) is 1.34. The molecule has 1 atom stereocenters. The van der Waals surface area contributed by atoms with E-state index < -0.39 is 28.5 Å². The van der Waals surface area contributed by atoms with E-state index >= 15 is 0 Å². The summed E-state index contributed by atoms with van der Waals surface area (Å²) in [5, 5.41) is 2.99. The fourth-order valence-corrected chi connectivity index (χ4v) is 5.17. The van der Waals surface area contributed by atoms with E-state index in [0.717, 1.165) is 27.3 Å². The average molecular weight is 566 g/mol. The third-order valence-corrected chi connectivity index (χ3v) is 7.72. The summed E-state index contributed by atoms with van der Waals surface area (Å²) in [5.41, 5.74) is 3.03. The second kappa shape index (κ2) is 14.0. The Hall–Kier alpha value is -3.85. The maximum Gasteiger partial charge on any atom is 0.244 e. The van der Waals surface area contributed by atoms with Gasteiger partial charge in [-0.2, -0.15) is 0 Å². The van der Waals surface area contributed by atoms with E-state index in [-0.39, 0.29) is 24.8 Å². The molecule has 0 aliphatic heterocycles. The molecule has 0 aromatic heterocycles. The van der Waals surface area contributed by atoms with Crippen LogP contribution in [0.2, 0.25) is 0 Å². The summed E-state index contributed by atoms with van der Waals surface area (Å²) in [6.45, 7) is 6.08. The Morgan fingerprint density at radius 2 is 1.62 bits per heavy atom. The zero-order valence-corrected chi connectivity index (χ0v) is 24.6. The first kappa shape index (κ1) is 30.7. The van der Waals surface area contributed by atoms with Gasteiger partial charge in [0.05, 0.1) is 19.1 Å². The normalized spacial score (nSPS) is 12.1. The Morgan fingerprint density at radius 1 is 0.950 bits per heavy atom. The van der Waals surface area contributed by atoms with Gasteiger partial charge in [-0.3, -0.25) is 13.9 Å². The molecule has 0 spiro atoms. The highest BCUT2D eigenvalue weighted by Crippen LogP contribution is 2.24. The first-order valence-electron chi connectivity index (χ1n) is 13.3. The van der Waals surface area contributed by atoms with Crippen molar-refractivity contribution in [2.45, 2.75) is 39.8 Å². The van der Waals surface area contributed by atoms with Crippen LogP contribution in [0.1, 0.15) is 30.5 Å². The Labute approximate surface area is 238 Å². The molecule has 214 valence electrons. The number of nitrogens with one attached hydrogen (secondary N) is 1. The first-order valence-corrected chi connectivity index (χ1v) is 15.1. The van der Waals surface area contributed by atoms with Crippen molar-refractivity contribution in [2.24, 2.45) is 5.92 Å². The molecule has 0 aliphatic rings. The van der Waals surface area contributed by atoms with Crippen LogP contribution in [0.25, 0.3) is 0 Å². The number of anilines is 1. The maximum absolute atomic E-state index is 14.1. The van der Waals surface area contributed by atoms with E-state index in [0.29, 0.717) is 18.0 Å². The minimum absolute atomic E-state index is 0.147. The Morgan fingerprint density at radius 3 is 2.25 bits per heavy atom. The number of carbonyl (C=O) groups excluding carboxylic acids is 2. The van der Waals surface area contributed by atoms with Crippen molar-refractivity contribution < 1.29 is 22.7 Å². The van der Waals surface area contributed by atoms with E-state index in [9.17, 15) is 18.0 Å². The SMILES string of the molecule is COc1cccc(N(CC(=O)N(Cc2ccccc2C)C(Cc2ccccc2)C(=O)NCC(C)C)S(C)(=O)=O)c1. The Balaban J connectivity index is 2.06. The lowest BCUT2D eigenvalue weighted by Crippen LogP contribution is -2.53. The molecule has 3 aromatic rings. The molecule has 0 fully saturated rings. The molecule has 0 bridgehead atoms. The molecule has 8 nitrogen and oxygen atoms in total. The highest BCUT2D eigenvalue weighted by Gasteiger charge is 2.33. The fraction of sp³-hybridized carbons (Fsp3) is 0.355. The van der Waals surface area contributed by atoms with Gasteiger partial charge in [-0.05, 0) is 41.7 Å². The number of ether oxygens (including phenoxy) is 1. The topological polar surface area (TPSA) is 96.0 Å². The van der Waals surface area contributed by atoms with Crippen molar-refractivity contribution >= 4 is 27.5 Å². The molecule has 0 heterocycles. The first-order chi connectivity index (χ1) is 19.0. The van der Waals surface area contributed by atoms with Crippen molar-refractivity contribution in [1.82, 2.24) is 10.2 Å². The van der Waals surface area contributed by atoms with Crippen LogP contribution >= 0.6 is 0 Å². The minimum atomic E-state index is -3.85. The predicted octanol–water partition coefficient (Wildman–Crippen LogP) is 4.18. The third-order valence-electron chi connectivity index (χ3n) is 6.58. The van der Waals surface area contributed by atoms with Crippen molar-refractivity contribution in [2.75, 3.05) is 30.8 Å².